The molecule has 2 aromatic rings. The van der Waals surface area contributed by atoms with E-state index in [0.717, 1.165) is 38.9 Å². The van der Waals surface area contributed by atoms with Crippen LogP contribution in [0, 0.1) is 13.8 Å². The van der Waals surface area contributed by atoms with Gasteiger partial charge < -0.3 is 4.57 Å². The molecule has 7 heteroatoms. The molecule has 0 spiro atoms. The van der Waals surface area contributed by atoms with Crippen molar-refractivity contribution in [1.82, 2.24) is 9.47 Å². The van der Waals surface area contributed by atoms with Gasteiger partial charge in [-0.05, 0) is 77.4 Å². The molecule has 4 nitrogen and oxygen atoms in total. The zero-order chi connectivity index (χ0) is 19.0. The number of carbonyl (C=O) groups excluding carboxylic acids is 2. The average Bonchev–Trinajstić information content (AvgIpc) is 3.01. The first-order valence-corrected chi connectivity index (χ1v) is 9.83. The second kappa shape index (κ2) is 7.47. The largest absolute Gasteiger partial charge is 0.318 e. The maximum atomic E-state index is 12.4. The van der Waals surface area contributed by atoms with Crippen LogP contribution in [0.25, 0.3) is 11.8 Å². The summed E-state index contributed by atoms with van der Waals surface area (Å²) in [4.78, 5) is 26.0. The Hall–Kier alpha value is -1.76. The number of aromatic nitrogens is 1. The number of halogens is 2. The van der Waals surface area contributed by atoms with Crippen LogP contribution >= 0.6 is 39.3 Å². The number of aryl methyl sites for hydroxylation is 1. The highest BCUT2D eigenvalue weighted by Crippen LogP contribution is 2.34. The Kier molecular flexibility index (Phi) is 5.46. The van der Waals surface area contributed by atoms with E-state index in [1.54, 1.807) is 12.2 Å². The molecule has 0 atom stereocenters. The molecule has 1 aromatic heterocycles. The summed E-state index contributed by atoms with van der Waals surface area (Å²) in [6.45, 7) is 7.77. The molecule has 0 unspecified atom stereocenters. The molecule has 0 N–H and O–H groups in total. The third-order valence-corrected chi connectivity index (χ3v) is 6.24. The van der Waals surface area contributed by atoms with Crippen molar-refractivity contribution in [2.45, 2.75) is 13.8 Å². The van der Waals surface area contributed by atoms with Gasteiger partial charge in [0.1, 0.15) is 0 Å². The topological polar surface area (TPSA) is 42.3 Å². The smallest absolute Gasteiger partial charge is 0.293 e. The highest BCUT2D eigenvalue weighted by Gasteiger charge is 2.34. The molecule has 2 amide bonds. The maximum absolute atomic E-state index is 12.4. The molecule has 0 saturated carbocycles. The fraction of sp³-hybridized carbons (Fsp3) is 0.158. The fourth-order valence-electron chi connectivity index (χ4n) is 2.88. The monoisotopic (exact) mass is 450 g/mol. The van der Waals surface area contributed by atoms with Crippen molar-refractivity contribution in [3.8, 4) is 5.69 Å². The molecular formula is C19H16BrClN2O2S. The number of benzene rings is 1. The Balaban J connectivity index is 2.01. The van der Waals surface area contributed by atoms with Crippen LogP contribution in [-0.4, -0.2) is 27.2 Å². The van der Waals surface area contributed by atoms with Crippen LogP contribution in [0.5, 0.6) is 0 Å². The summed E-state index contributed by atoms with van der Waals surface area (Å²) >= 11 is 10.6. The predicted molar refractivity (Wildman–Crippen MR) is 111 cm³/mol. The van der Waals surface area contributed by atoms with Crippen LogP contribution in [-0.2, 0) is 4.79 Å². The van der Waals surface area contributed by atoms with E-state index < -0.39 is 0 Å². The number of hydrogen-bond acceptors (Lipinski definition) is 3. The molecule has 2 heterocycles. The Morgan fingerprint density at radius 2 is 2.00 bits per heavy atom. The van der Waals surface area contributed by atoms with Gasteiger partial charge in [0.25, 0.3) is 11.1 Å². The van der Waals surface area contributed by atoms with Crippen molar-refractivity contribution in [2.75, 3.05) is 6.54 Å². The van der Waals surface area contributed by atoms with E-state index in [4.69, 9.17) is 11.6 Å². The molecule has 1 aliphatic rings. The standard InChI is InChI=1S/C19H16BrClN2O2S/c1-4-7-22-18(24)17(26-19(22)25)9-13-8-11(2)23(12(13)3)14-5-6-15(20)16(21)10-14/h4-6,8-10H,1,7H2,2-3H3/b17-9+. The minimum absolute atomic E-state index is 0.221. The Morgan fingerprint density at radius 1 is 1.27 bits per heavy atom. The van der Waals surface area contributed by atoms with E-state index >= 15 is 0 Å². The van der Waals surface area contributed by atoms with E-state index in [2.05, 4.69) is 27.1 Å². The third-order valence-electron chi connectivity index (χ3n) is 4.10. The lowest BCUT2D eigenvalue weighted by atomic mass is 10.2. The molecule has 26 heavy (non-hydrogen) atoms. The molecule has 1 fully saturated rings. The van der Waals surface area contributed by atoms with Crippen LogP contribution in [0.3, 0.4) is 0 Å². The fourth-order valence-corrected chi connectivity index (χ4v) is 4.14. The Labute approximate surface area is 169 Å². The molecule has 0 radical (unpaired) electrons. The van der Waals surface area contributed by atoms with Gasteiger partial charge >= 0.3 is 0 Å². The summed E-state index contributed by atoms with van der Waals surface area (Å²) in [5.41, 5.74) is 3.81. The summed E-state index contributed by atoms with van der Waals surface area (Å²) in [5, 5.41) is 0.358. The lowest BCUT2D eigenvalue weighted by Crippen LogP contribution is -2.27. The number of rotatable bonds is 4. The van der Waals surface area contributed by atoms with Crippen molar-refractivity contribution >= 4 is 56.5 Å². The van der Waals surface area contributed by atoms with E-state index in [9.17, 15) is 9.59 Å². The average molecular weight is 452 g/mol. The summed E-state index contributed by atoms with van der Waals surface area (Å²) in [5.74, 6) is -0.281. The van der Waals surface area contributed by atoms with Crippen molar-refractivity contribution in [3.05, 3.63) is 68.3 Å². The van der Waals surface area contributed by atoms with Crippen LogP contribution in [0.15, 0.2) is 46.3 Å². The minimum Gasteiger partial charge on any atom is -0.318 e. The van der Waals surface area contributed by atoms with Gasteiger partial charge in [0.15, 0.2) is 0 Å². The molecule has 0 bridgehead atoms. The maximum Gasteiger partial charge on any atom is 0.293 e. The van der Waals surface area contributed by atoms with E-state index in [-0.39, 0.29) is 17.7 Å². The molecular weight excluding hydrogens is 436 g/mol. The van der Waals surface area contributed by atoms with Gasteiger partial charge in [-0.25, -0.2) is 0 Å². The zero-order valence-electron chi connectivity index (χ0n) is 14.3. The number of amides is 2. The summed E-state index contributed by atoms with van der Waals surface area (Å²) in [6, 6.07) is 7.74. The number of nitrogens with zero attached hydrogens (tertiary/aromatic N) is 2. The first-order valence-electron chi connectivity index (χ1n) is 7.84. The normalized spacial score (nSPS) is 16.0. The number of carbonyl (C=O) groups is 2. The predicted octanol–water partition coefficient (Wildman–Crippen LogP) is 5.73. The second-order valence-electron chi connectivity index (χ2n) is 5.84. The SMILES string of the molecule is C=CCN1C(=O)S/C(=C/c2cc(C)n(-c3ccc(Br)c(Cl)c3)c2C)C1=O. The summed E-state index contributed by atoms with van der Waals surface area (Å²) in [6.07, 6.45) is 3.32. The first-order chi connectivity index (χ1) is 12.3. The van der Waals surface area contributed by atoms with Gasteiger partial charge in [0.2, 0.25) is 0 Å². The van der Waals surface area contributed by atoms with Crippen molar-refractivity contribution in [1.29, 1.82) is 0 Å². The Morgan fingerprint density at radius 3 is 2.65 bits per heavy atom. The van der Waals surface area contributed by atoms with Crippen molar-refractivity contribution in [2.24, 2.45) is 0 Å². The molecule has 3 rings (SSSR count). The summed E-state index contributed by atoms with van der Waals surface area (Å²) < 4.78 is 2.90. The van der Waals surface area contributed by atoms with Crippen LogP contribution < -0.4 is 0 Å². The van der Waals surface area contributed by atoms with E-state index in [1.807, 2.05) is 38.1 Å². The molecule has 1 aliphatic heterocycles. The number of imide groups is 1. The quantitative estimate of drug-likeness (QED) is 0.440. The van der Waals surface area contributed by atoms with E-state index in [1.165, 1.54) is 4.90 Å². The van der Waals surface area contributed by atoms with Crippen LogP contribution in [0.1, 0.15) is 17.0 Å². The van der Waals surface area contributed by atoms with Gasteiger partial charge in [-0.3, -0.25) is 14.5 Å². The van der Waals surface area contributed by atoms with Crippen LogP contribution in [0.2, 0.25) is 5.02 Å². The second-order valence-corrected chi connectivity index (χ2v) is 8.10. The molecule has 134 valence electrons. The number of hydrogen-bond donors (Lipinski definition) is 0. The van der Waals surface area contributed by atoms with Gasteiger partial charge in [-0.2, -0.15) is 0 Å². The van der Waals surface area contributed by atoms with Crippen molar-refractivity contribution < 1.29 is 9.59 Å². The lowest BCUT2D eigenvalue weighted by Gasteiger charge is -2.11. The molecule has 1 aromatic carbocycles. The van der Waals surface area contributed by atoms with E-state index in [0.29, 0.717) is 9.93 Å². The van der Waals surface area contributed by atoms with Crippen molar-refractivity contribution in [3.63, 3.8) is 0 Å². The minimum atomic E-state index is -0.281. The summed E-state index contributed by atoms with van der Waals surface area (Å²) in [7, 11) is 0. The molecule has 0 aliphatic carbocycles. The highest BCUT2D eigenvalue weighted by molar-refractivity contribution is 9.10. The van der Waals surface area contributed by atoms with Crippen LogP contribution in [0.4, 0.5) is 4.79 Å². The zero-order valence-corrected chi connectivity index (χ0v) is 17.4. The van der Waals surface area contributed by atoms with Gasteiger partial charge in [0, 0.05) is 28.1 Å². The Bertz CT molecular complexity index is 965. The van der Waals surface area contributed by atoms with Gasteiger partial charge in [-0.1, -0.05) is 17.7 Å². The van der Waals surface area contributed by atoms with Gasteiger partial charge in [-0.15, -0.1) is 6.58 Å². The first kappa shape index (κ1) is 19.0. The third kappa shape index (κ3) is 3.41. The highest BCUT2D eigenvalue weighted by atomic mass is 79.9. The molecule has 1 saturated heterocycles. The lowest BCUT2D eigenvalue weighted by molar-refractivity contribution is -0.122. The van der Waals surface area contributed by atoms with Gasteiger partial charge in [0.05, 0.1) is 9.93 Å². The number of thioether (sulfide) groups is 1.